The molecule has 0 aromatic carbocycles. The van der Waals surface area contributed by atoms with Crippen molar-refractivity contribution in [2.75, 3.05) is 31.7 Å². The molecule has 1 rings (SSSR count). The Bertz CT molecular complexity index is 397. The molecule has 0 aliphatic carbocycles. The molecule has 3 N–H and O–H groups in total. The third-order valence-electron chi connectivity index (χ3n) is 2.41. The summed E-state index contributed by atoms with van der Waals surface area (Å²) in [6.07, 6.45) is 1.60. The van der Waals surface area contributed by atoms with Gasteiger partial charge in [0.15, 0.2) is 0 Å². The zero-order valence-corrected chi connectivity index (χ0v) is 10.8. The lowest BCUT2D eigenvalue weighted by Gasteiger charge is -2.23. The van der Waals surface area contributed by atoms with Gasteiger partial charge in [0.1, 0.15) is 11.7 Å². The van der Waals surface area contributed by atoms with Crippen molar-refractivity contribution in [1.82, 2.24) is 4.98 Å². The highest BCUT2D eigenvalue weighted by Gasteiger charge is 2.14. The minimum absolute atomic E-state index is 0.0542. The van der Waals surface area contributed by atoms with Crippen molar-refractivity contribution < 1.29 is 4.74 Å². The largest absolute Gasteiger partial charge is 0.384 e. The molecular weight excluding hydrogens is 240 g/mol. The topological polar surface area (TPSA) is 75.2 Å². The highest BCUT2D eigenvalue weighted by molar-refractivity contribution is 6.36. The SMILES string of the molecule is CCN(CCOC)c1nccc(C(=N)N)c1Cl. The van der Waals surface area contributed by atoms with Gasteiger partial charge in [0.2, 0.25) is 0 Å². The molecule has 0 saturated heterocycles. The molecule has 1 aromatic heterocycles. The van der Waals surface area contributed by atoms with E-state index in [-0.39, 0.29) is 5.84 Å². The third kappa shape index (κ3) is 3.31. The average Bonchev–Trinajstić information content (AvgIpc) is 2.31. The highest BCUT2D eigenvalue weighted by atomic mass is 35.5. The summed E-state index contributed by atoms with van der Waals surface area (Å²) in [6.45, 7) is 4.06. The second-order valence-electron chi connectivity index (χ2n) is 3.48. The molecule has 0 amide bonds. The molecule has 0 saturated carbocycles. The van der Waals surface area contributed by atoms with Crippen molar-refractivity contribution >= 4 is 23.3 Å². The standard InChI is InChI=1S/C11H17ClN4O/c1-3-16(6-7-17-2)11-9(12)8(10(13)14)4-5-15-11/h4-5H,3,6-7H2,1-2H3,(H3,13,14). The molecular formula is C11H17ClN4O. The van der Waals surface area contributed by atoms with Crippen molar-refractivity contribution in [2.24, 2.45) is 5.73 Å². The van der Waals surface area contributed by atoms with Crippen molar-refractivity contribution in [3.05, 3.63) is 22.8 Å². The van der Waals surface area contributed by atoms with Crippen LogP contribution in [0.4, 0.5) is 5.82 Å². The van der Waals surface area contributed by atoms with Gasteiger partial charge in [0, 0.05) is 32.0 Å². The van der Waals surface area contributed by atoms with E-state index in [9.17, 15) is 0 Å². The molecule has 6 heteroatoms. The molecule has 94 valence electrons. The lowest BCUT2D eigenvalue weighted by atomic mass is 10.2. The normalized spacial score (nSPS) is 10.3. The van der Waals surface area contributed by atoms with E-state index < -0.39 is 0 Å². The Kier molecular flexibility index (Phi) is 5.18. The predicted octanol–water partition coefficient (Wildman–Crippen LogP) is 1.49. The van der Waals surface area contributed by atoms with Gasteiger partial charge in [-0.3, -0.25) is 5.41 Å². The fourth-order valence-corrected chi connectivity index (χ4v) is 1.81. The Hall–Kier alpha value is -1.33. The van der Waals surface area contributed by atoms with Crippen LogP contribution in [0.15, 0.2) is 12.3 Å². The maximum Gasteiger partial charge on any atom is 0.148 e. The number of nitrogens with two attached hydrogens (primary N) is 1. The van der Waals surface area contributed by atoms with Crippen molar-refractivity contribution in [1.29, 1.82) is 5.41 Å². The summed E-state index contributed by atoms with van der Waals surface area (Å²) >= 11 is 6.19. The second-order valence-corrected chi connectivity index (χ2v) is 3.86. The summed E-state index contributed by atoms with van der Waals surface area (Å²) in [4.78, 5) is 6.22. The van der Waals surface area contributed by atoms with Gasteiger partial charge in [-0.05, 0) is 13.0 Å². The van der Waals surface area contributed by atoms with Crippen LogP contribution >= 0.6 is 11.6 Å². The molecule has 17 heavy (non-hydrogen) atoms. The molecule has 0 unspecified atom stereocenters. The smallest absolute Gasteiger partial charge is 0.148 e. The first kappa shape index (κ1) is 13.7. The van der Waals surface area contributed by atoms with E-state index in [2.05, 4.69) is 4.98 Å². The quantitative estimate of drug-likeness (QED) is 0.597. The molecule has 0 radical (unpaired) electrons. The summed E-state index contributed by atoms with van der Waals surface area (Å²) in [5.74, 6) is 0.584. The van der Waals surface area contributed by atoms with Crippen LogP contribution in [0.2, 0.25) is 5.02 Å². The first-order chi connectivity index (χ1) is 8.11. The maximum absolute atomic E-state index is 7.43. The number of anilines is 1. The van der Waals surface area contributed by atoms with Crippen LogP contribution in [0.1, 0.15) is 12.5 Å². The minimum atomic E-state index is -0.0542. The molecule has 0 bridgehead atoms. The van der Waals surface area contributed by atoms with Crippen LogP contribution in [-0.4, -0.2) is 37.6 Å². The van der Waals surface area contributed by atoms with Crippen LogP contribution in [0.5, 0.6) is 0 Å². The number of likely N-dealkylation sites (N-methyl/N-ethyl adjacent to an activating group) is 1. The maximum atomic E-state index is 7.43. The summed E-state index contributed by atoms with van der Waals surface area (Å²) in [5.41, 5.74) is 5.96. The van der Waals surface area contributed by atoms with E-state index in [0.717, 1.165) is 6.54 Å². The summed E-state index contributed by atoms with van der Waals surface area (Å²) in [6, 6.07) is 1.64. The number of nitrogens with one attached hydrogen (secondary N) is 1. The predicted molar refractivity (Wildman–Crippen MR) is 70.0 cm³/mol. The van der Waals surface area contributed by atoms with Crippen LogP contribution in [-0.2, 0) is 4.74 Å². The van der Waals surface area contributed by atoms with Crippen molar-refractivity contribution in [2.45, 2.75) is 6.92 Å². The number of methoxy groups -OCH3 is 1. The van der Waals surface area contributed by atoms with Crippen molar-refractivity contribution in [3.8, 4) is 0 Å². The molecule has 0 atom stereocenters. The number of pyridine rings is 1. The van der Waals surface area contributed by atoms with Gasteiger partial charge in [-0.25, -0.2) is 4.98 Å². The van der Waals surface area contributed by atoms with E-state index in [0.29, 0.717) is 29.6 Å². The molecule has 0 fully saturated rings. The number of nitrogen functional groups attached to an aromatic ring is 1. The number of halogens is 1. The molecule has 5 nitrogen and oxygen atoms in total. The van der Waals surface area contributed by atoms with Crippen LogP contribution in [0.3, 0.4) is 0 Å². The first-order valence-corrected chi connectivity index (χ1v) is 5.72. The third-order valence-corrected chi connectivity index (χ3v) is 2.78. The molecule has 0 aliphatic rings. The minimum Gasteiger partial charge on any atom is -0.384 e. The van der Waals surface area contributed by atoms with Gasteiger partial charge < -0.3 is 15.4 Å². The van der Waals surface area contributed by atoms with Crippen molar-refractivity contribution in [3.63, 3.8) is 0 Å². The number of amidine groups is 1. The zero-order valence-electron chi connectivity index (χ0n) is 10.0. The zero-order chi connectivity index (χ0) is 12.8. The summed E-state index contributed by atoms with van der Waals surface area (Å²) in [5, 5.41) is 7.85. The number of hydrogen-bond acceptors (Lipinski definition) is 4. The highest BCUT2D eigenvalue weighted by Crippen LogP contribution is 2.26. The van der Waals surface area contributed by atoms with Gasteiger partial charge in [-0.15, -0.1) is 0 Å². The number of ether oxygens (including phenoxy) is 1. The molecule has 0 aliphatic heterocycles. The molecule has 1 aromatic rings. The second kappa shape index (κ2) is 6.42. The summed E-state index contributed by atoms with van der Waals surface area (Å²) in [7, 11) is 1.65. The lowest BCUT2D eigenvalue weighted by molar-refractivity contribution is 0.205. The monoisotopic (exact) mass is 256 g/mol. The van der Waals surface area contributed by atoms with E-state index in [1.807, 2.05) is 11.8 Å². The summed E-state index contributed by atoms with van der Waals surface area (Å²) < 4.78 is 5.03. The Labute approximate surface area is 106 Å². The number of aromatic nitrogens is 1. The Morgan fingerprint density at radius 3 is 2.88 bits per heavy atom. The van der Waals surface area contributed by atoms with Gasteiger partial charge in [0.25, 0.3) is 0 Å². The van der Waals surface area contributed by atoms with Gasteiger partial charge in [0.05, 0.1) is 11.6 Å². The Morgan fingerprint density at radius 1 is 1.65 bits per heavy atom. The van der Waals surface area contributed by atoms with Crippen LogP contribution in [0.25, 0.3) is 0 Å². The van der Waals surface area contributed by atoms with Gasteiger partial charge in [-0.1, -0.05) is 11.6 Å². The van der Waals surface area contributed by atoms with E-state index in [1.54, 1.807) is 19.4 Å². The number of nitrogens with zero attached hydrogens (tertiary/aromatic N) is 2. The molecule has 0 spiro atoms. The Morgan fingerprint density at radius 2 is 2.35 bits per heavy atom. The average molecular weight is 257 g/mol. The van der Waals surface area contributed by atoms with Gasteiger partial charge in [-0.2, -0.15) is 0 Å². The van der Waals surface area contributed by atoms with Crippen LogP contribution in [0, 0.1) is 5.41 Å². The fourth-order valence-electron chi connectivity index (χ4n) is 1.48. The van der Waals surface area contributed by atoms with E-state index in [1.165, 1.54) is 0 Å². The van der Waals surface area contributed by atoms with Gasteiger partial charge >= 0.3 is 0 Å². The van der Waals surface area contributed by atoms with Crippen LogP contribution < -0.4 is 10.6 Å². The van der Waals surface area contributed by atoms with E-state index in [4.69, 9.17) is 27.5 Å². The fraction of sp³-hybridized carbons (Fsp3) is 0.455. The van der Waals surface area contributed by atoms with E-state index >= 15 is 0 Å². The lowest BCUT2D eigenvalue weighted by Crippen LogP contribution is -2.28. The molecule has 1 heterocycles. The number of hydrogen-bond donors (Lipinski definition) is 2. The number of rotatable bonds is 6. The Balaban J connectivity index is 3.03. The first-order valence-electron chi connectivity index (χ1n) is 5.34.